The molecule has 4 rings (SSSR count). The lowest BCUT2D eigenvalue weighted by atomic mass is 9.83. The van der Waals surface area contributed by atoms with Crippen molar-refractivity contribution in [3.05, 3.63) is 48.0 Å². The van der Waals surface area contributed by atoms with Crippen molar-refractivity contribution in [1.29, 1.82) is 0 Å². The van der Waals surface area contributed by atoms with Gasteiger partial charge in [0.05, 0.1) is 38.0 Å². The van der Waals surface area contributed by atoms with E-state index >= 15 is 0 Å². The maximum absolute atomic E-state index is 14.1. The highest BCUT2D eigenvalue weighted by atomic mass is 32.2. The summed E-state index contributed by atoms with van der Waals surface area (Å²) in [6.45, 7) is 6.61. The minimum Gasteiger partial charge on any atom is -0.388 e. The van der Waals surface area contributed by atoms with Crippen molar-refractivity contribution in [1.82, 2.24) is 10.6 Å². The number of rotatable bonds is 18. The van der Waals surface area contributed by atoms with Crippen molar-refractivity contribution in [3.63, 3.8) is 0 Å². The summed E-state index contributed by atoms with van der Waals surface area (Å²) in [6.07, 6.45) is 5.79. The number of quaternary nitrogens is 1. The number of carbonyl (C=O) groups excluding carboxylic acids is 2. The molecule has 274 valence electrons. The summed E-state index contributed by atoms with van der Waals surface area (Å²) < 4.78 is 31.9. The number of unbranched alkanes of at least 4 members (excludes halogenated alkanes) is 1. The van der Waals surface area contributed by atoms with Crippen molar-refractivity contribution >= 4 is 32.4 Å². The number of hydrogen-bond acceptors (Lipinski definition) is 7. The van der Waals surface area contributed by atoms with Crippen LogP contribution < -0.4 is 10.6 Å². The molecule has 0 spiro atoms. The first-order chi connectivity index (χ1) is 23.4. The summed E-state index contributed by atoms with van der Waals surface area (Å²) in [5.41, 5.74) is 0.875. The third-order valence-corrected chi connectivity index (χ3v) is 12.5. The highest BCUT2D eigenvalue weighted by molar-refractivity contribution is 7.91. The average Bonchev–Trinajstić information content (AvgIpc) is 3.09. The fourth-order valence-electron chi connectivity index (χ4n) is 7.50. The van der Waals surface area contributed by atoms with Crippen LogP contribution in [-0.4, -0.2) is 111 Å². The van der Waals surface area contributed by atoms with Crippen LogP contribution in [0.15, 0.2) is 42.5 Å². The second-order valence-electron chi connectivity index (χ2n) is 14.7. The van der Waals surface area contributed by atoms with Crippen molar-refractivity contribution in [3.8, 4) is 0 Å². The van der Waals surface area contributed by atoms with Gasteiger partial charge in [0.15, 0.2) is 9.84 Å². The van der Waals surface area contributed by atoms with E-state index in [2.05, 4.69) is 17.7 Å². The van der Waals surface area contributed by atoms with Crippen LogP contribution >= 0.6 is 0 Å². The number of amides is 2. The lowest BCUT2D eigenvalue weighted by Crippen LogP contribution is -2.60. The van der Waals surface area contributed by atoms with Crippen LogP contribution in [0.25, 0.3) is 10.8 Å². The Kier molecular flexibility index (Phi) is 14.9. The third kappa shape index (κ3) is 11.7. The number of sulfone groups is 1. The molecule has 2 aromatic rings. The zero-order chi connectivity index (χ0) is 35.4. The number of likely N-dealkylation sites (N-methyl/N-ethyl adjacent to an activating group) is 1. The van der Waals surface area contributed by atoms with Gasteiger partial charge >= 0.3 is 0 Å². The molecule has 1 saturated heterocycles. The Morgan fingerprint density at radius 3 is 2.35 bits per heavy atom. The number of nitrogens with zero attached hydrogens (tertiary/aromatic N) is 1. The quantitative estimate of drug-likeness (QED) is 0.173. The SMILES string of the molecule is CCCC[C@H](NC(=O)[C@H](Cc1cccc2ccccc12)CS(=O)(=O)CC)C(=O)N[C@@H](CC1CCCCC1)[C@@H](O)[C@@H](O)C[N+]1(C)CCOCC1. The molecule has 4 N–H and O–H groups in total. The first kappa shape index (κ1) is 39.2. The first-order valence-corrected chi connectivity index (χ1v) is 20.3. The molecule has 2 fully saturated rings. The lowest BCUT2D eigenvalue weighted by Gasteiger charge is -2.41. The second kappa shape index (κ2) is 18.6. The highest BCUT2D eigenvalue weighted by Crippen LogP contribution is 2.29. The van der Waals surface area contributed by atoms with Gasteiger partial charge in [0.1, 0.15) is 37.9 Å². The fraction of sp³-hybridized carbons (Fsp3) is 0.684. The molecule has 2 amide bonds. The van der Waals surface area contributed by atoms with Crippen LogP contribution in [0, 0.1) is 11.8 Å². The van der Waals surface area contributed by atoms with E-state index in [0.717, 1.165) is 61.5 Å². The number of carbonyl (C=O) groups is 2. The van der Waals surface area contributed by atoms with Crippen LogP contribution in [0.1, 0.15) is 77.2 Å². The number of benzene rings is 2. The van der Waals surface area contributed by atoms with Gasteiger partial charge in [-0.3, -0.25) is 9.59 Å². The fourth-order valence-corrected chi connectivity index (χ4v) is 8.62. The molecular weight excluding hydrogens is 642 g/mol. The van der Waals surface area contributed by atoms with E-state index in [4.69, 9.17) is 4.74 Å². The van der Waals surface area contributed by atoms with Crippen molar-refractivity contribution < 1.29 is 37.4 Å². The van der Waals surface area contributed by atoms with Gasteiger partial charge in [-0.25, -0.2) is 8.42 Å². The molecule has 0 radical (unpaired) electrons. The molecule has 1 aliphatic carbocycles. The van der Waals surface area contributed by atoms with Gasteiger partial charge < -0.3 is 30.1 Å². The summed E-state index contributed by atoms with van der Waals surface area (Å²) in [7, 11) is -1.46. The molecule has 1 saturated carbocycles. The lowest BCUT2D eigenvalue weighted by molar-refractivity contribution is -0.920. The van der Waals surface area contributed by atoms with Crippen LogP contribution in [0.5, 0.6) is 0 Å². The molecule has 0 unspecified atom stereocenters. The first-order valence-electron chi connectivity index (χ1n) is 18.5. The Morgan fingerprint density at radius 2 is 1.65 bits per heavy atom. The zero-order valence-corrected chi connectivity index (χ0v) is 30.6. The predicted molar refractivity (Wildman–Crippen MR) is 194 cm³/mol. The van der Waals surface area contributed by atoms with E-state index in [1.165, 1.54) is 6.42 Å². The number of ether oxygens (including phenoxy) is 1. The molecule has 10 nitrogen and oxygen atoms in total. The monoisotopic (exact) mass is 702 g/mol. The van der Waals surface area contributed by atoms with Crippen molar-refractivity contribution in [2.75, 3.05) is 51.4 Å². The smallest absolute Gasteiger partial charge is 0.242 e. The molecular formula is C38H60N3O7S+. The summed E-state index contributed by atoms with van der Waals surface area (Å²) in [5, 5.41) is 30.9. The van der Waals surface area contributed by atoms with E-state index in [9.17, 15) is 28.2 Å². The summed E-state index contributed by atoms with van der Waals surface area (Å²) in [4.78, 5) is 28.1. The van der Waals surface area contributed by atoms with Gasteiger partial charge in [-0.2, -0.15) is 0 Å². The summed E-state index contributed by atoms with van der Waals surface area (Å²) in [6, 6.07) is 12.0. The Bertz CT molecular complexity index is 1450. The van der Waals surface area contributed by atoms with E-state index < -0.39 is 51.9 Å². The normalized spacial score (nSPS) is 20.2. The molecule has 0 bridgehead atoms. The topological polar surface area (TPSA) is 142 Å². The maximum atomic E-state index is 14.1. The number of aliphatic hydroxyl groups is 2. The average molecular weight is 703 g/mol. The van der Waals surface area contributed by atoms with Crippen molar-refractivity contribution in [2.45, 2.75) is 102 Å². The Labute approximate surface area is 293 Å². The molecule has 5 atom stereocenters. The molecule has 49 heavy (non-hydrogen) atoms. The minimum atomic E-state index is -3.52. The Hall–Kier alpha value is -2.57. The van der Waals surface area contributed by atoms with Gasteiger partial charge in [-0.05, 0) is 41.5 Å². The summed E-state index contributed by atoms with van der Waals surface area (Å²) >= 11 is 0. The molecule has 1 aliphatic heterocycles. The van der Waals surface area contributed by atoms with E-state index in [-0.39, 0.29) is 17.9 Å². The molecule has 2 aliphatic rings. The van der Waals surface area contributed by atoms with E-state index in [1.54, 1.807) is 6.92 Å². The van der Waals surface area contributed by atoms with Gasteiger partial charge in [-0.1, -0.05) is 101 Å². The van der Waals surface area contributed by atoms with Crippen LogP contribution in [0.4, 0.5) is 0 Å². The third-order valence-electron chi connectivity index (χ3n) is 10.7. The molecule has 0 aromatic heterocycles. The molecule has 11 heteroatoms. The van der Waals surface area contributed by atoms with Crippen LogP contribution in [0.2, 0.25) is 0 Å². The van der Waals surface area contributed by atoms with Crippen LogP contribution in [-0.2, 0) is 30.6 Å². The zero-order valence-electron chi connectivity index (χ0n) is 29.8. The predicted octanol–water partition coefficient (Wildman–Crippen LogP) is 3.76. The number of hydrogen-bond donors (Lipinski definition) is 4. The van der Waals surface area contributed by atoms with Crippen LogP contribution in [0.3, 0.4) is 0 Å². The molecule has 2 aromatic carbocycles. The number of fused-ring (bicyclic) bond motifs is 1. The van der Waals surface area contributed by atoms with Gasteiger partial charge in [-0.15, -0.1) is 0 Å². The standard InChI is InChI=1S/C38H59N3O7S/c1-4-6-19-33(39-37(44)31(27-49(46,47)5-2)25-30-17-12-16-29-15-10-11-18-32(29)30)38(45)40-34(24-28-13-8-7-9-14-28)36(43)35(42)26-41(3)20-22-48-23-21-41/h10-12,15-18,28,31,33-36,42-43H,4-9,13-14,19-27H2,1-3H3,(H-,39,40,44,45)/p+1/t31-,33+,34+,35+,36-/m1/s1. The molecule has 1 heterocycles. The van der Waals surface area contributed by atoms with E-state index in [1.807, 2.05) is 49.4 Å². The maximum Gasteiger partial charge on any atom is 0.242 e. The highest BCUT2D eigenvalue weighted by Gasteiger charge is 2.38. The van der Waals surface area contributed by atoms with Gasteiger partial charge in [0.2, 0.25) is 11.8 Å². The van der Waals surface area contributed by atoms with E-state index in [0.29, 0.717) is 49.4 Å². The van der Waals surface area contributed by atoms with Crippen molar-refractivity contribution in [2.24, 2.45) is 11.8 Å². The van der Waals surface area contributed by atoms with Gasteiger partial charge in [0.25, 0.3) is 0 Å². The Balaban J connectivity index is 1.54. The summed E-state index contributed by atoms with van der Waals surface area (Å²) in [5.74, 6) is -1.87. The van der Waals surface area contributed by atoms with Gasteiger partial charge in [0, 0.05) is 5.75 Å². The number of aliphatic hydroxyl groups excluding tert-OH is 2. The number of morpholine rings is 1. The minimum absolute atomic E-state index is 0.0834. The number of nitrogens with one attached hydrogen (secondary N) is 2. The largest absolute Gasteiger partial charge is 0.388 e. The Morgan fingerprint density at radius 1 is 0.959 bits per heavy atom. The second-order valence-corrected chi connectivity index (χ2v) is 17.1.